The Morgan fingerprint density at radius 1 is 1.12 bits per heavy atom. The van der Waals surface area contributed by atoms with Crippen molar-refractivity contribution in [3.63, 3.8) is 0 Å². The molecule has 2 aromatic carbocycles. The van der Waals surface area contributed by atoms with E-state index in [0.29, 0.717) is 5.39 Å². The lowest BCUT2D eigenvalue weighted by molar-refractivity contribution is 0.0938. The van der Waals surface area contributed by atoms with E-state index in [1.165, 1.54) is 18.3 Å². The summed E-state index contributed by atoms with van der Waals surface area (Å²) in [5.41, 5.74) is 1.32. The van der Waals surface area contributed by atoms with Crippen LogP contribution < -0.4 is 10.7 Å². The summed E-state index contributed by atoms with van der Waals surface area (Å²) in [4.78, 5) is 25.1. The molecule has 0 saturated carbocycles. The predicted molar refractivity (Wildman–Crippen MR) is 91.5 cm³/mol. The maximum atomic E-state index is 13.0. The van der Waals surface area contributed by atoms with Gasteiger partial charge in [-0.25, -0.2) is 4.39 Å². The molecule has 0 aliphatic rings. The Labute approximate surface area is 138 Å². The van der Waals surface area contributed by atoms with E-state index in [1.807, 2.05) is 12.1 Å². The van der Waals surface area contributed by atoms with E-state index in [1.54, 1.807) is 42.8 Å². The molecule has 0 spiro atoms. The summed E-state index contributed by atoms with van der Waals surface area (Å²) in [6.45, 7) is 1.79. The number of fused-ring (bicyclic) bond motifs is 1. The van der Waals surface area contributed by atoms with Crippen molar-refractivity contribution in [2.45, 2.75) is 13.0 Å². The summed E-state index contributed by atoms with van der Waals surface area (Å²) in [6, 6.07) is 12.7. The summed E-state index contributed by atoms with van der Waals surface area (Å²) < 4.78 is 14.7. The standard InChI is InChI=1S/C19H17FN2O2/c1-12(13-7-9-14(20)10-8-13)21-19(24)16-11-22(2)17-6-4-3-5-15(17)18(16)23/h3-12H,1-2H3,(H,21,24)/t12-/m1/s1. The quantitative estimate of drug-likeness (QED) is 0.804. The molecule has 24 heavy (non-hydrogen) atoms. The van der Waals surface area contributed by atoms with Gasteiger partial charge in [-0.1, -0.05) is 24.3 Å². The van der Waals surface area contributed by atoms with Crippen molar-refractivity contribution in [3.8, 4) is 0 Å². The second kappa shape index (κ2) is 6.28. The molecule has 0 fully saturated rings. The molecule has 3 rings (SSSR count). The molecule has 0 radical (unpaired) electrons. The summed E-state index contributed by atoms with van der Waals surface area (Å²) in [5.74, 6) is -0.779. The van der Waals surface area contributed by atoms with E-state index in [0.717, 1.165) is 11.1 Å². The van der Waals surface area contributed by atoms with Crippen LogP contribution in [0.25, 0.3) is 10.9 Å². The fourth-order valence-electron chi connectivity index (χ4n) is 2.71. The molecule has 3 aromatic rings. The van der Waals surface area contributed by atoms with Crippen LogP contribution in [-0.2, 0) is 7.05 Å². The molecule has 1 atom stereocenters. The maximum Gasteiger partial charge on any atom is 0.257 e. The smallest absolute Gasteiger partial charge is 0.257 e. The van der Waals surface area contributed by atoms with Gasteiger partial charge in [0.15, 0.2) is 0 Å². The number of hydrogen-bond donors (Lipinski definition) is 1. The zero-order valence-electron chi connectivity index (χ0n) is 13.4. The number of carbonyl (C=O) groups excluding carboxylic acids is 1. The molecule has 0 unspecified atom stereocenters. The van der Waals surface area contributed by atoms with Crippen molar-refractivity contribution in [1.29, 1.82) is 0 Å². The molecule has 4 nitrogen and oxygen atoms in total. The number of carbonyl (C=O) groups is 1. The van der Waals surface area contributed by atoms with Gasteiger partial charge in [0.25, 0.3) is 5.91 Å². The van der Waals surface area contributed by atoms with Gasteiger partial charge in [0.1, 0.15) is 11.4 Å². The molecule has 0 aliphatic heterocycles. The van der Waals surface area contributed by atoms with Crippen LogP contribution in [0.4, 0.5) is 4.39 Å². The molecule has 0 aliphatic carbocycles. The van der Waals surface area contributed by atoms with Crippen LogP contribution in [0.5, 0.6) is 0 Å². The van der Waals surface area contributed by atoms with Gasteiger partial charge < -0.3 is 9.88 Å². The lowest BCUT2D eigenvalue weighted by atomic mass is 10.1. The van der Waals surface area contributed by atoms with E-state index in [9.17, 15) is 14.0 Å². The van der Waals surface area contributed by atoms with Crippen LogP contribution in [0.15, 0.2) is 59.5 Å². The van der Waals surface area contributed by atoms with Crippen LogP contribution >= 0.6 is 0 Å². The highest BCUT2D eigenvalue weighted by atomic mass is 19.1. The summed E-state index contributed by atoms with van der Waals surface area (Å²) in [7, 11) is 1.79. The number of nitrogens with one attached hydrogen (secondary N) is 1. The van der Waals surface area contributed by atoms with Gasteiger partial charge in [-0.05, 0) is 36.8 Å². The number of nitrogens with zero attached hydrogens (tertiary/aromatic N) is 1. The minimum absolute atomic E-state index is 0.0881. The Hall–Kier alpha value is -2.95. The Bertz CT molecular complexity index is 961. The minimum atomic E-state index is -0.446. The Balaban J connectivity index is 1.93. The Morgan fingerprint density at radius 2 is 1.79 bits per heavy atom. The van der Waals surface area contributed by atoms with Crippen molar-refractivity contribution >= 4 is 16.8 Å². The second-order valence-corrected chi connectivity index (χ2v) is 5.75. The molecule has 5 heteroatoms. The first-order valence-electron chi connectivity index (χ1n) is 7.62. The van der Waals surface area contributed by atoms with Crippen molar-refractivity contribution in [3.05, 3.63) is 81.9 Å². The van der Waals surface area contributed by atoms with Crippen molar-refractivity contribution in [1.82, 2.24) is 9.88 Å². The van der Waals surface area contributed by atoms with Gasteiger partial charge in [-0.15, -0.1) is 0 Å². The van der Waals surface area contributed by atoms with Crippen molar-refractivity contribution in [2.24, 2.45) is 7.05 Å². The van der Waals surface area contributed by atoms with E-state index in [-0.39, 0.29) is 22.9 Å². The van der Waals surface area contributed by atoms with Gasteiger partial charge in [-0.3, -0.25) is 9.59 Å². The third-order valence-corrected chi connectivity index (χ3v) is 4.06. The normalized spacial score (nSPS) is 12.1. The predicted octanol–water partition coefficient (Wildman–Crippen LogP) is 3.17. The van der Waals surface area contributed by atoms with Gasteiger partial charge in [0.2, 0.25) is 5.43 Å². The molecule has 122 valence electrons. The molecular weight excluding hydrogens is 307 g/mol. The van der Waals surface area contributed by atoms with Crippen molar-refractivity contribution < 1.29 is 9.18 Å². The van der Waals surface area contributed by atoms with Gasteiger partial charge in [0.05, 0.1) is 11.6 Å². The highest BCUT2D eigenvalue weighted by molar-refractivity contribution is 5.97. The fraction of sp³-hybridized carbons (Fsp3) is 0.158. The molecule has 0 bridgehead atoms. The third-order valence-electron chi connectivity index (χ3n) is 4.06. The van der Waals surface area contributed by atoms with Crippen LogP contribution in [0, 0.1) is 5.82 Å². The van der Waals surface area contributed by atoms with Gasteiger partial charge >= 0.3 is 0 Å². The molecule has 1 heterocycles. The molecular formula is C19H17FN2O2. The van der Waals surface area contributed by atoms with Crippen LogP contribution in [-0.4, -0.2) is 10.5 Å². The first-order valence-corrected chi connectivity index (χ1v) is 7.62. The lowest BCUT2D eigenvalue weighted by Gasteiger charge is -2.15. The Kier molecular flexibility index (Phi) is 4.16. The second-order valence-electron chi connectivity index (χ2n) is 5.75. The number of aromatic nitrogens is 1. The van der Waals surface area contributed by atoms with Crippen molar-refractivity contribution in [2.75, 3.05) is 0 Å². The monoisotopic (exact) mass is 324 g/mol. The highest BCUT2D eigenvalue weighted by Gasteiger charge is 2.17. The largest absolute Gasteiger partial charge is 0.350 e. The molecule has 1 aromatic heterocycles. The number of benzene rings is 2. The lowest BCUT2D eigenvalue weighted by Crippen LogP contribution is -2.31. The van der Waals surface area contributed by atoms with Gasteiger partial charge in [-0.2, -0.15) is 0 Å². The van der Waals surface area contributed by atoms with E-state index in [2.05, 4.69) is 5.32 Å². The fourth-order valence-corrected chi connectivity index (χ4v) is 2.71. The number of hydrogen-bond acceptors (Lipinski definition) is 2. The number of pyridine rings is 1. The topological polar surface area (TPSA) is 51.1 Å². The minimum Gasteiger partial charge on any atom is -0.350 e. The average molecular weight is 324 g/mol. The third kappa shape index (κ3) is 2.93. The van der Waals surface area contributed by atoms with Crippen LogP contribution in [0.3, 0.4) is 0 Å². The SMILES string of the molecule is C[C@@H](NC(=O)c1cn(C)c2ccccc2c1=O)c1ccc(F)cc1. The maximum absolute atomic E-state index is 13.0. The van der Waals surface area contributed by atoms with E-state index in [4.69, 9.17) is 0 Å². The summed E-state index contributed by atoms with van der Waals surface area (Å²) in [5, 5.41) is 3.29. The number of aryl methyl sites for hydroxylation is 1. The number of amides is 1. The molecule has 1 amide bonds. The zero-order chi connectivity index (χ0) is 17.3. The number of para-hydroxylation sites is 1. The summed E-state index contributed by atoms with van der Waals surface area (Å²) >= 11 is 0. The zero-order valence-corrected chi connectivity index (χ0v) is 13.4. The molecule has 0 saturated heterocycles. The first-order chi connectivity index (χ1) is 11.5. The van der Waals surface area contributed by atoms with Crippen LogP contribution in [0.2, 0.25) is 0 Å². The number of rotatable bonds is 3. The van der Waals surface area contributed by atoms with Crippen LogP contribution in [0.1, 0.15) is 28.9 Å². The van der Waals surface area contributed by atoms with Gasteiger partial charge in [0, 0.05) is 18.6 Å². The summed E-state index contributed by atoms with van der Waals surface area (Å²) in [6.07, 6.45) is 1.54. The van der Waals surface area contributed by atoms with E-state index < -0.39 is 5.91 Å². The first kappa shape index (κ1) is 15.9. The Morgan fingerprint density at radius 3 is 2.50 bits per heavy atom. The number of halogens is 1. The average Bonchev–Trinajstić information content (AvgIpc) is 2.58. The van der Waals surface area contributed by atoms with E-state index >= 15 is 0 Å². The highest BCUT2D eigenvalue weighted by Crippen LogP contribution is 2.14. The molecule has 1 N–H and O–H groups in total.